The molecule has 0 spiro atoms. The molecule has 0 radical (unpaired) electrons. The van der Waals surface area contributed by atoms with Gasteiger partial charge >= 0.3 is 0 Å². The molecule has 4 rings (SSSR count). The number of ether oxygens (including phenoxy) is 1. The smallest absolute Gasteiger partial charge is 0.124 e. The van der Waals surface area contributed by atoms with Crippen LogP contribution in [0.4, 0.5) is 0 Å². The molecule has 0 saturated carbocycles. The van der Waals surface area contributed by atoms with Crippen LogP contribution in [0.2, 0.25) is 10.0 Å². The summed E-state index contributed by atoms with van der Waals surface area (Å²) in [7, 11) is 0. The van der Waals surface area contributed by atoms with Gasteiger partial charge in [-0.15, -0.1) is 0 Å². The van der Waals surface area contributed by atoms with E-state index >= 15 is 0 Å². The number of hydrogen-bond donors (Lipinski definition) is 1. The molecule has 0 aliphatic heterocycles. The van der Waals surface area contributed by atoms with E-state index in [2.05, 4.69) is 53.8 Å². The van der Waals surface area contributed by atoms with Crippen molar-refractivity contribution in [2.75, 3.05) is 6.54 Å². The Bertz CT molecular complexity index is 1130. The average molecular weight is 436 g/mol. The zero-order valence-electron chi connectivity index (χ0n) is 16.6. The molecule has 0 atom stereocenters. The molecule has 2 nitrogen and oxygen atoms in total. The summed E-state index contributed by atoms with van der Waals surface area (Å²) in [4.78, 5) is 0. The van der Waals surface area contributed by atoms with E-state index in [0.29, 0.717) is 16.7 Å². The molecule has 4 aromatic rings. The minimum atomic E-state index is 0.548. The Kier molecular flexibility index (Phi) is 6.91. The topological polar surface area (TPSA) is 21.3 Å². The molecular formula is C26H23Cl2NO. The number of fused-ring (bicyclic) bond motifs is 1. The second-order valence-corrected chi connectivity index (χ2v) is 8.04. The Hall–Kier alpha value is -2.52. The number of hydrogen-bond acceptors (Lipinski definition) is 2. The molecular weight excluding hydrogens is 413 g/mol. The SMILES string of the molecule is Clc1ccc(CCNCc2c(OCc3ccccc3)ccc3ccccc23)c(Cl)c1. The van der Waals surface area contributed by atoms with Crippen LogP contribution >= 0.6 is 23.2 Å². The fraction of sp³-hybridized carbons (Fsp3) is 0.154. The van der Waals surface area contributed by atoms with Gasteiger partial charge in [-0.1, -0.05) is 89.9 Å². The maximum absolute atomic E-state index is 6.30. The van der Waals surface area contributed by atoms with Crippen LogP contribution in [0.1, 0.15) is 16.7 Å². The summed E-state index contributed by atoms with van der Waals surface area (Å²) in [5, 5.41) is 7.34. The van der Waals surface area contributed by atoms with Crippen molar-refractivity contribution >= 4 is 34.0 Å². The van der Waals surface area contributed by atoms with E-state index in [-0.39, 0.29) is 0 Å². The van der Waals surface area contributed by atoms with Crippen molar-refractivity contribution in [1.29, 1.82) is 0 Å². The van der Waals surface area contributed by atoms with Gasteiger partial charge in [-0.3, -0.25) is 0 Å². The Morgan fingerprint density at radius 3 is 2.43 bits per heavy atom. The molecule has 0 aliphatic carbocycles. The lowest BCUT2D eigenvalue weighted by Gasteiger charge is -2.15. The van der Waals surface area contributed by atoms with Crippen molar-refractivity contribution in [3.8, 4) is 5.75 Å². The molecule has 0 saturated heterocycles. The fourth-order valence-electron chi connectivity index (χ4n) is 3.53. The third kappa shape index (κ3) is 5.14. The largest absolute Gasteiger partial charge is 0.489 e. The van der Waals surface area contributed by atoms with Crippen molar-refractivity contribution in [2.45, 2.75) is 19.6 Å². The van der Waals surface area contributed by atoms with Gasteiger partial charge in [0.2, 0.25) is 0 Å². The van der Waals surface area contributed by atoms with Crippen molar-refractivity contribution in [3.63, 3.8) is 0 Å². The Labute approximate surface area is 187 Å². The number of nitrogens with one attached hydrogen (secondary N) is 1. The first-order chi connectivity index (χ1) is 14.7. The Morgan fingerprint density at radius 2 is 1.60 bits per heavy atom. The summed E-state index contributed by atoms with van der Waals surface area (Å²) in [6.07, 6.45) is 0.834. The summed E-state index contributed by atoms with van der Waals surface area (Å²) >= 11 is 12.3. The highest BCUT2D eigenvalue weighted by molar-refractivity contribution is 6.35. The van der Waals surface area contributed by atoms with Crippen molar-refractivity contribution in [2.24, 2.45) is 0 Å². The lowest BCUT2D eigenvalue weighted by atomic mass is 10.0. The van der Waals surface area contributed by atoms with Crippen LogP contribution in [0.5, 0.6) is 5.75 Å². The van der Waals surface area contributed by atoms with Crippen LogP contribution in [-0.4, -0.2) is 6.54 Å². The Morgan fingerprint density at radius 1 is 0.800 bits per heavy atom. The van der Waals surface area contributed by atoms with E-state index in [1.807, 2.05) is 30.3 Å². The highest BCUT2D eigenvalue weighted by Crippen LogP contribution is 2.29. The monoisotopic (exact) mass is 435 g/mol. The summed E-state index contributed by atoms with van der Waals surface area (Å²) in [5.74, 6) is 0.912. The van der Waals surface area contributed by atoms with Gasteiger partial charge in [0.15, 0.2) is 0 Å². The van der Waals surface area contributed by atoms with E-state index in [9.17, 15) is 0 Å². The number of halogens is 2. The van der Waals surface area contributed by atoms with Gasteiger partial charge in [-0.25, -0.2) is 0 Å². The number of benzene rings is 4. The molecule has 0 aliphatic rings. The van der Waals surface area contributed by atoms with Crippen molar-refractivity contribution in [1.82, 2.24) is 5.32 Å². The van der Waals surface area contributed by atoms with Crippen molar-refractivity contribution < 1.29 is 4.74 Å². The average Bonchev–Trinajstić information content (AvgIpc) is 2.77. The summed E-state index contributed by atoms with van der Waals surface area (Å²) in [6.45, 7) is 2.08. The lowest BCUT2D eigenvalue weighted by molar-refractivity contribution is 0.303. The molecule has 1 N–H and O–H groups in total. The highest BCUT2D eigenvalue weighted by Gasteiger charge is 2.10. The van der Waals surface area contributed by atoms with Crippen LogP contribution in [0.3, 0.4) is 0 Å². The third-order valence-corrected chi connectivity index (χ3v) is 5.71. The van der Waals surface area contributed by atoms with Gasteiger partial charge in [0.1, 0.15) is 12.4 Å². The van der Waals surface area contributed by atoms with Crippen LogP contribution in [-0.2, 0) is 19.6 Å². The second-order valence-electron chi connectivity index (χ2n) is 7.20. The Balaban J connectivity index is 1.47. The summed E-state index contributed by atoms with van der Waals surface area (Å²) in [6, 6.07) is 28.5. The van der Waals surface area contributed by atoms with Gasteiger partial charge < -0.3 is 10.1 Å². The normalized spacial score (nSPS) is 11.0. The first kappa shape index (κ1) is 20.7. The van der Waals surface area contributed by atoms with Crippen molar-refractivity contribution in [3.05, 3.63) is 112 Å². The number of rotatable bonds is 8. The first-order valence-corrected chi connectivity index (χ1v) is 10.8. The van der Waals surface area contributed by atoms with Crippen LogP contribution in [0.25, 0.3) is 10.8 Å². The minimum Gasteiger partial charge on any atom is -0.489 e. The molecule has 0 bridgehead atoms. The standard InChI is InChI=1S/C26H23Cl2NO/c27-22-12-10-21(25(28)16-22)14-15-29-17-24-23-9-5-4-8-20(23)11-13-26(24)30-18-19-6-2-1-3-7-19/h1-13,16,29H,14-15,17-18H2. The maximum atomic E-state index is 6.30. The first-order valence-electron chi connectivity index (χ1n) is 10.0. The maximum Gasteiger partial charge on any atom is 0.124 e. The quantitative estimate of drug-likeness (QED) is 0.299. The third-order valence-electron chi connectivity index (χ3n) is 5.12. The highest BCUT2D eigenvalue weighted by atomic mass is 35.5. The van der Waals surface area contributed by atoms with E-state index in [1.165, 1.54) is 16.3 Å². The molecule has 0 heterocycles. The van der Waals surface area contributed by atoms with E-state index in [4.69, 9.17) is 27.9 Å². The van der Waals surface area contributed by atoms with Crippen LogP contribution < -0.4 is 10.1 Å². The molecule has 0 unspecified atom stereocenters. The zero-order valence-corrected chi connectivity index (χ0v) is 18.1. The second kappa shape index (κ2) is 9.99. The predicted molar refractivity (Wildman–Crippen MR) is 127 cm³/mol. The van der Waals surface area contributed by atoms with Gasteiger partial charge in [0.25, 0.3) is 0 Å². The van der Waals surface area contributed by atoms with Gasteiger partial charge in [-0.05, 0) is 53.1 Å². The van der Waals surface area contributed by atoms with Crippen LogP contribution in [0.15, 0.2) is 84.9 Å². The molecule has 0 fully saturated rings. The van der Waals surface area contributed by atoms with E-state index < -0.39 is 0 Å². The molecule has 0 aromatic heterocycles. The minimum absolute atomic E-state index is 0.548. The predicted octanol–water partition coefficient (Wildman–Crippen LogP) is 7.06. The molecule has 152 valence electrons. The van der Waals surface area contributed by atoms with Gasteiger partial charge in [0.05, 0.1) is 0 Å². The van der Waals surface area contributed by atoms with E-state index in [1.54, 1.807) is 6.07 Å². The fourth-order valence-corrected chi connectivity index (χ4v) is 4.03. The molecule has 4 heteroatoms. The molecule has 30 heavy (non-hydrogen) atoms. The van der Waals surface area contributed by atoms with Crippen LogP contribution in [0, 0.1) is 0 Å². The van der Waals surface area contributed by atoms with E-state index in [0.717, 1.165) is 36.4 Å². The molecule has 0 amide bonds. The van der Waals surface area contributed by atoms with Gasteiger partial charge in [-0.2, -0.15) is 0 Å². The zero-order chi connectivity index (χ0) is 20.8. The van der Waals surface area contributed by atoms with Gasteiger partial charge in [0, 0.05) is 22.2 Å². The summed E-state index contributed by atoms with van der Waals surface area (Å²) < 4.78 is 6.20. The lowest BCUT2D eigenvalue weighted by Crippen LogP contribution is -2.17. The molecule has 4 aromatic carbocycles. The summed E-state index contributed by atoms with van der Waals surface area (Å²) in [5.41, 5.74) is 3.42.